The molecule has 2 heteroatoms. The van der Waals surface area contributed by atoms with Crippen molar-refractivity contribution in [1.29, 1.82) is 0 Å². The highest BCUT2D eigenvalue weighted by atomic mass is 16.4. The van der Waals surface area contributed by atoms with Gasteiger partial charge in [0.05, 0.1) is 0 Å². The zero-order chi connectivity index (χ0) is 12.1. The van der Waals surface area contributed by atoms with Gasteiger partial charge in [-0.25, -0.2) is 0 Å². The standard InChI is InChI=1S/C11H18O2.C2H2/c1-3-7-10(4-2)8-5-6-9-11(12)13;1-2/h4-5,8H,3,6-7,9H2,1-2H3,(H,12,13);1-2H/b8-5-,10-4-;. The average molecular weight is 208 g/mol. The van der Waals surface area contributed by atoms with Crippen LogP contribution in [-0.4, -0.2) is 11.1 Å². The topological polar surface area (TPSA) is 37.3 Å². The van der Waals surface area contributed by atoms with Crippen LogP contribution in [0.5, 0.6) is 0 Å². The summed E-state index contributed by atoms with van der Waals surface area (Å²) in [5.74, 6) is -0.734. The van der Waals surface area contributed by atoms with E-state index in [9.17, 15) is 4.79 Å². The van der Waals surface area contributed by atoms with Crippen molar-refractivity contribution < 1.29 is 9.90 Å². The molecule has 0 bridgehead atoms. The van der Waals surface area contributed by atoms with Gasteiger partial charge in [0.15, 0.2) is 0 Å². The second kappa shape index (κ2) is 12.5. The highest BCUT2D eigenvalue weighted by Crippen LogP contribution is 2.06. The van der Waals surface area contributed by atoms with E-state index in [0.717, 1.165) is 12.8 Å². The molecular weight excluding hydrogens is 188 g/mol. The van der Waals surface area contributed by atoms with Crippen LogP contribution in [0, 0.1) is 12.8 Å². The molecule has 0 saturated heterocycles. The first-order valence-corrected chi connectivity index (χ1v) is 5.07. The molecule has 0 aliphatic rings. The molecule has 0 fully saturated rings. The van der Waals surface area contributed by atoms with Gasteiger partial charge in [0.1, 0.15) is 0 Å². The summed E-state index contributed by atoms with van der Waals surface area (Å²) in [6, 6.07) is 0. The summed E-state index contributed by atoms with van der Waals surface area (Å²) in [6.07, 6.45) is 17.1. The maximum absolute atomic E-state index is 10.2. The third-order valence-electron chi connectivity index (χ3n) is 1.77. The molecule has 0 heterocycles. The van der Waals surface area contributed by atoms with E-state index < -0.39 is 5.97 Å². The molecular formula is C13H20O2. The Hall–Kier alpha value is -1.49. The third-order valence-corrected chi connectivity index (χ3v) is 1.77. The summed E-state index contributed by atoms with van der Waals surface area (Å²) >= 11 is 0. The summed E-state index contributed by atoms with van der Waals surface area (Å²) in [5, 5.41) is 8.39. The number of allylic oxidation sites excluding steroid dienone is 4. The zero-order valence-corrected chi connectivity index (χ0v) is 9.57. The number of carbonyl (C=O) groups is 1. The van der Waals surface area contributed by atoms with Crippen molar-refractivity contribution in [2.45, 2.75) is 39.5 Å². The molecule has 0 aliphatic carbocycles. The summed E-state index contributed by atoms with van der Waals surface area (Å²) in [5.41, 5.74) is 1.29. The Morgan fingerprint density at radius 1 is 1.33 bits per heavy atom. The summed E-state index contributed by atoms with van der Waals surface area (Å²) in [7, 11) is 0. The Morgan fingerprint density at radius 3 is 2.33 bits per heavy atom. The van der Waals surface area contributed by atoms with Crippen molar-refractivity contribution in [3.05, 3.63) is 23.8 Å². The lowest BCUT2D eigenvalue weighted by Gasteiger charge is -1.96. The van der Waals surface area contributed by atoms with Gasteiger partial charge in [0.25, 0.3) is 0 Å². The first kappa shape index (κ1) is 16.0. The smallest absolute Gasteiger partial charge is 0.303 e. The van der Waals surface area contributed by atoms with E-state index in [2.05, 4.69) is 25.8 Å². The molecule has 1 N–H and O–H groups in total. The van der Waals surface area contributed by atoms with Crippen molar-refractivity contribution in [1.82, 2.24) is 0 Å². The van der Waals surface area contributed by atoms with E-state index in [-0.39, 0.29) is 6.42 Å². The Kier molecular flexibility index (Phi) is 13.3. The van der Waals surface area contributed by atoms with Crippen molar-refractivity contribution in [2.75, 3.05) is 0 Å². The molecule has 0 radical (unpaired) electrons. The molecule has 0 aromatic rings. The van der Waals surface area contributed by atoms with Crippen LogP contribution in [0.3, 0.4) is 0 Å². The number of terminal acetylenes is 1. The normalized spacial score (nSPS) is 10.8. The number of carboxylic acid groups (broad SMARTS) is 1. The van der Waals surface area contributed by atoms with Crippen molar-refractivity contribution in [2.24, 2.45) is 0 Å². The largest absolute Gasteiger partial charge is 0.481 e. The molecule has 0 spiro atoms. The van der Waals surface area contributed by atoms with Gasteiger partial charge < -0.3 is 5.11 Å². The highest BCUT2D eigenvalue weighted by Gasteiger charge is 1.92. The first-order chi connectivity index (χ1) is 7.20. The van der Waals surface area contributed by atoms with Gasteiger partial charge in [0, 0.05) is 6.42 Å². The monoisotopic (exact) mass is 208 g/mol. The molecule has 0 aromatic carbocycles. The van der Waals surface area contributed by atoms with E-state index in [1.807, 2.05) is 19.1 Å². The third kappa shape index (κ3) is 12.5. The van der Waals surface area contributed by atoms with Gasteiger partial charge >= 0.3 is 5.97 Å². The van der Waals surface area contributed by atoms with E-state index >= 15 is 0 Å². The minimum absolute atomic E-state index is 0.222. The number of rotatable bonds is 6. The number of aliphatic carboxylic acids is 1. The van der Waals surface area contributed by atoms with Gasteiger partial charge in [-0.2, -0.15) is 0 Å². The quantitative estimate of drug-likeness (QED) is 0.536. The van der Waals surface area contributed by atoms with E-state index in [1.54, 1.807) is 0 Å². The fourth-order valence-corrected chi connectivity index (χ4v) is 1.05. The van der Waals surface area contributed by atoms with Crippen LogP contribution < -0.4 is 0 Å². The van der Waals surface area contributed by atoms with E-state index in [0.29, 0.717) is 6.42 Å². The first-order valence-electron chi connectivity index (χ1n) is 5.07. The summed E-state index contributed by atoms with van der Waals surface area (Å²) < 4.78 is 0. The fraction of sp³-hybridized carbons (Fsp3) is 0.462. The Labute approximate surface area is 92.7 Å². The summed E-state index contributed by atoms with van der Waals surface area (Å²) in [4.78, 5) is 10.2. The van der Waals surface area contributed by atoms with Crippen molar-refractivity contribution in [3.63, 3.8) is 0 Å². The molecule has 2 nitrogen and oxygen atoms in total. The van der Waals surface area contributed by atoms with Crippen LogP contribution in [0.1, 0.15) is 39.5 Å². The maximum Gasteiger partial charge on any atom is 0.303 e. The van der Waals surface area contributed by atoms with Crippen molar-refractivity contribution >= 4 is 5.97 Å². The maximum atomic E-state index is 10.2. The van der Waals surface area contributed by atoms with E-state index in [1.165, 1.54) is 5.57 Å². The molecule has 0 aliphatic heterocycles. The molecule has 15 heavy (non-hydrogen) atoms. The van der Waals surface area contributed by atoms with Gasteiger partial charge in [-0.15, -0.1) is 12.8 Å². The van der Waals surface area contributed by atoms with Gasteiger partial charge in [-0.05, 0) is 19.8 Å². The van der Waals surface area contributed by atoms with Crippen LogP contribution in [-0.2, 0) is 4.79 Å². The lowest BCUT2D eigenvalue weighted by atomic mass is 10.1. The average Bonchev–Trinajstić information content (AvgIpc) is 2.25. The minimum atomic E-state index is -0.734. The Morgan fingerprint density at radius 2 is 1.93 bits per heavy atom. The van der Waals surface area contributed by atoms with Crippen LogP contribution in [0.4, 0.5) is 0 Å². The SMILES string of the molecule is C#C.C/C=C(\C=C/CCC(=O)O)CCC. The van der Waals surface area contributed by atoms with Crippen LogP contribution in [0.2, 0.25) is 0 Å². The second-order valence-corrected chi connectivity index (χ2v) is 2.95. The van der Waals surface area contributed by atoms with Gasteiger partial charge in [-0.3, -0.25) is 4.79 Å². The predicted octanol–water partition coefficient (Wildman–Crippen LogP) is 3.40. The molecule has 0 unspecified atom stereocenters. The lowest BCUT2D eigenvalue weighted by molar-refractivity contribution is -0.136. The number of carboxylic acids is 1. The highest BCUT2D eigenvalue weighted by molar-refractivity contribution is 5.66. The zero-order valence-electron chi connectivity index (χ0n) is 9.57. The minimum Gasteiger partial charge on any atom is -0.481 e. The Balaban J connectivity index is 0. The summed E-state index contributed by atoms with van der Waals surface area (Å²) in [6.45, 7) is 4.14. The predicted molar refractivity (Wildman–Crippen MR) is 64.6 cm³/mol. The molecule has 0 rings (SSSR count). The molecule has 0 saturated carbocycles. The lowest BCUT2D eigenvalue weighted by Crippen LogP contribution is -1.91. The van der Waals surface area contributed by atoms with Gasteiger partial charge in [0.2, 0.25) is 0 Å². The molecule has 0 atom stereocenters. The van der Waals surface area contributed by atoms with Crippen LogP contribution in [0.15, 0.2) is 23.8 Å². The molecule has 84 valence electrons. The number of hydrogen-bond donors (Lipinski definition) is 1. The fourth-order valence-electron chi connectivity index (χ4n) is 1.05. The number of hydrogen-bond acceptors (Lipinski definition) is 1. The molecule has 0 amide bonds. The van der Waals surface area contributed by atoms with Crippen LogP contribution >= 0.6 is 0 Å². The Bertz CT molecular complexity index is 234. The van der Waals surface area contributed by atoms with E-state index in [4.69, 9.17) is 5.11 Å². The molecule has 0 aromatic heterocycles. The van der Waals surface area contributed by atoms with Crippen molar-refractivity contribution in [3.8, 4) is 12.8 Å². The second-order valence-electron chi connectivity index (χ2n) is 2.95. The van der Waals surface area contributed by atoms with Gasteiger partial charge in [-0.1, -0.05) is 37.1 Å². The van der Waals surface area contributed by atoms with Crippen LogP contribution in [0.25, 0.3) is 0 Å².